The van der Waals surface area contributed by atoms with Crippen molar-refractivity contribution in [2.45, 2.75) is 18.4 Å². The number of ether oxygens (including phenoxy) is 1. The maximum Gasteiger partial charge on any atom is 0.119 e. The van der Waals surface area contributed by atoms with E-state index in [0.717, 1.165) is 11.3 Å². The zero-order chi connectivity index (χ0) is 9.84. The zero-order valence-corrected chi connectivity index (χ0v) is 8.45. The first-order chi connectivity index (χ1) is 6.15. The Bertz CT molecular complexity index is 273. The standard InChI is InChI=1S/C10H13ClO2/c1-7(11)10(12)8-4-3-5-9(6-8)13-2/h3-7,10,12H,1-2H3. The fourth-order valence-electron chi connectivity index (χ4n) is 1.09. The summed E-state index contributed by atoms with van der Waals surface area (Å²) in [5, 5.41) is 9.33. The van der Waals surface area contributed by atoms with Crippen molar-refractivity contribution in [3.63, 3.8) is 0 Å². The van der Waals surface area contributed by atoms with E-state index in [4.69, 9.17) is 16.3 Å². The molecule has 1 aromatic rings. The Labute approximate surface area is 83.1 Å². The molecule has 0 aliphatic carbocycles. The molecule has 0 heterocycles. The highest BCUT2D eigenvalue weighted by Crippen LogP contribution is 2.23. The van der Waals surface area contributed by atoms with Gasteiger partial charge in [0.15, 0.2) is 0 Å². The van der Waals surface area contributed by atoms with E-state index in [1.807, 2.05) is 18.2 Å². The highest BCUT2D eigenvalue weighted by atomic mass is 35.5. The van der Waals surface area contributed by atoms with E-state index in [0.29, 0.717) is 0 Å². The molecule has 2 unspecified atom stereocenters. The van der Waals surface area contributed by atoms with Gasteiger partial charge in [-0.15, -0.1) is 11.6 Å². The lowest BCUT2D eigenvalue weighted by atomic mass is 10.1. The monoisotopic (exact) mass is 200 g/mol. The molecule has 0 saturated heterocycles. The van der Waals surface area contributed by atoms with E-state index in [1.54, 1.807) is 20.1 Å². The van der Waals surface area contributed by atoms with Gasteiger partial charge in [-0.3, -0.25) is 0 Å². The van der Waals surface area contributed by atoms with Gasteiger partial charge in [0.2, 0.25) is 0 Å². The Balaban J connectivity index is 2.88. The van der Waals surface area contributed by atoms with Crippen LogP contribution in [0, 0.1) is 0 Å². The van der Waals surface area contributed by atoms with E-state index in [1.165, 1.54) is 0 Å². The minimum absolute atomic E-state index is 0.299. The van der Waals surface area contributed by atoms with Gasteiger partial charge in [-0.2, -0.15) is 0 Å². The summed E-state index contributed by atoms with van der Waals surface area (Å²) < 4.78 is 5.03. The van der Waals surface area contributed by atoms with Crippen LogP contribution in [-0.2, 0) is 0 Å². The number of hydrogen-bond acceptors (Lipinski definition) is 2. The summed E-state index contributed by atoms with van der Waals surface area (Å²) >= 11 is 5.77. The molecule has 0 fully saturated rings. The van der Waals surface area contributed by atoms with Crippen molar-refractivity contribution in [1.82, 2.24) is 0 Å². The van der Waals surface area contributed by atoms with Crippen molar-refractivity contribution in [3.8, 4) is 5.75 Å². The Hall–Kier alpha value is -0.730. The average molecular weight is 201 g/mol. The molecule has 0 radical (unpaired) electrons. The molecular formula is C10H13ClO2. The largest absolute Gasteiger partial charge is 0.497 e. The third-order valence-electron chi connectivity index (χ3n) is 1.87. The van der Waals surface area contributed by atoms with Gasteiger partial charge in [0, 0.05) is 0 Å². The Morgan fingerprint density at radius 2 is 2.15 bits per heavy atom. The maximum atomic E-state index is 9.63. The molecule has 0 amide bonds. The first-order valence-electron chi connectivity index (χ1n) is 4.11. The molecule has 0 saturated carbocycles. The van der Waals surface area contributed by atoms with Crippen LogP contribution < -0.4 is 4.74 Å². The third-order valence-corrected chi connectivity index (χ3v) is 2.11. The minimum Gasteiger partial charge on any atom is -0.497 e. The molecule has 1 aromatic carbocycles. The molecule has 0 aromatic heterocycles. The predicted octanol–water partition coefficient (Wildman–Crippen LogP) is 2.36. The summed E-state index contributed by atoms with van der Waals surface area (Å²) in [5.74, 6) is 0.730. The van der Waals surface area contributed by atoms with Crippen LogP contribution in [0.25, 0.3) is 0 Å². The number of rotatable bonds is 3. The van der Waals surface area contributed by atoms with Crippen LogP contribution in [0.1, 0.15) is 18.6 Å². The summed E-state index contributed by atoms with van der Waals surface area (Å²) in [7, 11) is 1.59. The number of hydrogen-bond donors (Lipinski definition) is 1. The molecule has 0 bridgehead atoms. The van der Waals surface area contributed by atoms with Crippen LogP contribution in [-0.4, -0.2) is 17.6 Å². The number of benzene rings is 1. The van der Waals surface area contributed by atoms with Gasteiger partial charge >= 0.3 is 0 Å². The van der Waals surface area contributed by atoms with Crippen LogP contribution in [0.3, 0.4) is 0 Å². The van der Waals surface area contributed by atoms with Gasteiger partial charge in [-0.1, -0.05) is 12.1 Å². The van der Waals surface area contributed by atoms with Gasteiger partial charge in [-0.05, 0) is 24.6 Å². The van der Waals surface area contributed by atoms with Crippen molar-refractivity contribution in [2.24, 2.45) is 0 Å². The first-order valence-corrected chi connectivity index (χ1v) is 4.55. The zero-order valence-electron chi connectivity index (χ0n) is 7.70. The lowest BCUT2D eigenvalue weighted by molar-refractivity contribution is 0.177. The van der Waals surface area contributed by atoms with Crippen LogP contribution >= 0.6 is 11.6 Å². The molecule has 13 heavy (non-hydrogen) atoms. The van der Waals surface area contributed by atoms with Gasteiger partial charge < -0.3 is 9.84 Å². The second kappa shape index (κ2) is 4.49. The molecule has 1 N–H and O–H groups in total. The topological polar surface area (TPSA) is 29.5 Å². The van der Waals surface area contributed by atoms with Crippen LogP contribution in [0.4, 0.5) is 0 Å². The van der Waals surface area contributed by atoms with E-state index in [-0.39, 0.29) is 5.38 Å². The van der Waals surface area contributed by atoms with Crippen molar-refractivity contribution in [2.75, 3.05) is 7.11 Å². The van der Waals surface area contributed by atoms with E-state index < -0.39 is 6.10 Å². The summed E-state index contributed by atoms with van der Waals surface area (Å²) in [6, 6.07) is 7.27. The summed E-state index contributed by atoms with van der Waals surface area (Å²) in [6.07, 6.45) is -0.642. The summed E-state index contributed by atoms with van der Waals surface area (Å²) in [5.41, 5.74) is 0.779. The third kappa shape index (κ3) is 2.61. The Kier molecular flexibility index (Phi) is 3.58. The number of aliphatic hydroxyl groups is 1. The molecule has 0 aliphatic rings. The van der Waals surface area contributed by atoms with Crippen LogP contribution in [0.5, 0.6) is 5.75 Å². The summed E-state index contributed by atoms with van der Waals surface area (Å²) in [4.78, 5) is 0. The van der Waals surface area contributed by atoms with Gasteiger partial charge in [0.1, 0.15) is 5.75 Å². The normalized spacial score (nSPS) is 15.1. The predicted molar refractivity (Wildman–Crippen MR) is 53.3 cm³/mol. The molecule has 2 atom stereocenters. The van der Waals surface area contributed by atoms with E-state index in [9.17, 15) is 5.11 Å². The smallest absolute Gasteiger partial charge is 0.119 e. The maximum absolute atomic E-state index is 9.63. The lowest BCUT2D eigenvalue weighted by Gasteiger charge is -2.13. The Morgan fingerprint density at radius 1 is 1.46 bits per heavy atom. The minimum atomic E-state index is -0.642. The first kappa shape index (κ1) is 10.4. The fourth-order valence-corrected chi connectivity index (χ4v) is 1.24. The molecule has 1 rings (SSSR count). The highest BCUT2D eigenvalue weighted by Gasteiger charge is 2.13. The number of methoxy groups -OCH3 is 1. The molecule has 72 valence electrons. The molecule has 3 heteroatoms. The van der Waals surface area contributed by atoms with Crippen molar-refractivity contribution >= 4 is 11.6 Å². The molecule has 0 spiro atoms. The van der Waals surface area contributed by atoms with Gasteiger partial charge in [-0.25, -0.2) is 0 Å². The highest BCUT2D eigenvalue weighted by molar-refractivity contribution is 6.20. The fraction of sp³-hybridized carbons (Fsp3) is 0.400. The second-order valence-corrected chi connectivity index (χ2v) is 3.59. The number of halogens is 1. The van der Waals surface area contributed by atoms with Crippen molar-refractivity contribution in [3.05, 3.63) is 29.8 Å². The van der Waals surface area contributed by atoms with Crippen molar-refractivity contribution < 1.29 is 9.84 Å². The molecule has 2 nitrogen and oxygen atoms in total. The Morgan fingerprint density at radius 3 is 2.69 bits per heavy atom. The lowest BCUT2D eigenvalue weighted by Crippen LogP contribution is -2.08. The van der Waals surface area contributed by atoms with Crippen molar-refractivity contribution in [1.29, 1.82) is 0 Å². The molecular weight excluding hydrogens is 188 g/mol. The van der Waals surface area contributed by atoms with Crippen LogP contribution in [0.2, 0.25) is 0 Å². The average Bonchev–Trinajstić information content (AvgIpc) is 2.16. The van der Waals surface area contributed by atoms with E-state index >= 15 is 0 Å². The van der Waals surface area contributed by atoms with Gasteiger partial charge in [0.25, 0.3) is 0 Å². The van der Waals surface area contributed by atoms with E-state index in [2.05, 4.69) is 0 Å². The molecule has 0 aliphatic heterocycles. The SMILES string of the molecule is COc1cccc(C(O)C(C)Cl)c1. The summed E-state index contributed by atoms with van der Waals surface area (Å²) in [6.45, 7) is 1.76. The van der Waals surface area contributed by atoms with Gasteiger partial charge in [0.05, 0.1) is 18.6 Å². The number of aliphatic hydroxyl groups excluding tert-OH is 1. The number of alkyl halides is 1. The van der Waals surface area contributed by atoms with Crippen LogP contribution in [0.15, 0.2) is 24.3 Å². The second-order valence-electron chi connectivity index (χ2n) is 2.90. The quantitative estimate of drug-likeness (QED) is 0.760.